The fourth-order valence-corrected chi connectivity index (χ4v) is 4.49. The predicted molar refractivity (Wildman–Crippen MR) is 142 cm³/mol. The number of allylic oxidation sites excluding steroid dienone is 1. The van der Waals surface area contributed by atoms with Gasteiger partial charge >= 0.3 is 12.4 Å². The summed E-state index contributed by atoms with van der Waals surface area (Å²) in [5.41, 5.74) is 0.0544. The lowest BCUT2D eigenvalue weighted by atomic mass is 9.97. The average Bonchev–Trinajstić information content (AvgIpc) is 2.79. The van der Waals surface area contributed by atoms with Gasteiger partial charge in [0.15, 0.2) is 0 Å². The van der Waals surface area contributed by atoms with Gasteiger partial charge in [0.2, 0.25) is 5.91 Å². The largest absolute Gasteiger partial charge is 0.405 e. The molecule has 2 unspecified atom stereocenters. The van der Waals surface area contributed by atoms with Crippen molar-refractivity contribution in [3.63, 3.8) is 0 Å². The molecule has 0 aliphatic carbocycles. The monoisotopic (exact) mass is 681 g/mol. The van der Waals surface area contributed by atoms with E-state index in [0.29, 0.717) is 0 Å². The van der Waals surface area contributed by atoms with Gasteiger partial charge in [0.25, 0.3) is 5.91 Å². The molecule has 0 heterocycles. The van der Waals surface area contributed by atoms with Crippen LogP contribution in [0.3, 0.4) is 0 Å². The van der Waals surface area contributed by atoms with E-state index in [0.717, 1.165) is 18.2 Å². The van der Waals surface area contributed by atoms with Gasteiger partial charge in [-0.25, -0.2) is 0 Å². The first-order chi connectivity index (χ1) is 17.9. The molecule has 0 bridgehead atoms. The van der Waals surface area contributed by atoms with Gasteiger partial charge in [0, 0.05) is 11.0 Å². The number of halogens is 10. The Morgan fingerprint density at radius 1 is 1.03 bits per heavy atom. The molecule has 2 aromatic rings. The van der Waals surface area contributed by atoms with Crippen molar-refractivity contribution in [2.75, 3.05) is 27.2 Å². The van der Waals surface area contributed by atoms with Crippen molar-refractivity contribution in [2.24, 2.45) is 0 Å². The minimum Gasteiger partial charge on any atom is -0.345 e. The lowest BCUT2D eigenvalue weighted by Gasteiger charge is -2.22. The van der Waals surface area contributed by atoms with Gasteiger partial charge < -0.3 is 15.5 Å². The summed E-state index contributed by atoms with van der Waals surface area (Å²) < 4.78 is 79.0. The van der Waals surface area contributed by atoms with Crippen LogP contribution in [0.5, 0.6) is 0 Å². The Balaban J connectivity index is 2.26. The maximum absolute atomic E-state index is 13.8. The second kappa shape index (κ2) is 13.6. The van der Waals surface area contributed by atoms with E-state index in [-0.39, 0.29) is 42.8 Å². The fraction of sp³-hybridized carbons (Fsp3) is 0.333. The van der Waals surface area contributed by atoms with Gasteiger partial charge in [-0.1, -0.05) is 53.0 Å². The number of carbonyl (C=O) groups is 2. The predicted octanol–water partition coefficient (Wildman–Crippen LogP) is 7.11. The number of alkyl halides is 6. The van der Waals surface area contributed by atoms with Crippen LogP contribution < -0.4 is 10.6 Å². The molecule has 2 amide bonds. The summed E-state index contributed by atoms with van der Waals surface area (Å²) in [6.07, 6.45) is -7.26. The molecule has 39 heavy (non-hydrogen) atoms. The minimum atomic E-state index is -4.69. The number of hydrogen-bond donors (Lipinski definition) is 2. The molecule has 0 fully saturated rings. The average molecular weight is 684 g/mol. The topological polar surface area (TPSA) is 61.4 Å². The molecule has 0 aromatic heterocycles. The molecule has 2 aromatic carbocycles. The molecule has 0 saturated carbocycles. The van der Waals surface area contributed by atoms with Crippen molar-refractivity contribution in [1.29, 1.82) is 0 Å². The van der Waals surface area contributed by atoms with Crippen LogP contribution in [0.1, 0.15) is 27.4 Å². The molecule has 0 aliphatic rings. The van der Waals surface area contributed by atoms with Gasteiger partial charge in [0.1, 0.15) is 12.6 Å². The number of amides is 2. The van der Waals surface area contributed by atoms with Crippen LogP contribution in [0.2, 0.25) is 15.1 Å². The van der Waals surface area contributed by atoms with Crippen LogP contribution in [0.4, 0.5) is 26.3 Å². The molecule has 0 radical (unpaired) electrons. The van der Waals surface area contributed by atoms with Crippen LogP contribution in [-0.2, 0) is 4.79 Å². The Bertz CT molecular complexity index is 1220. The van der Waals surface area contributed by atoms with Crippen LogP contribution >= 0.6 is 50.7 Å². The van der Waals surface area contributed by atoms with Crippen molar-refractivity contribution < 1.29 is 35.9 Å². The molecule has 2 atom stereocenters. The number of carbonyl (C=O) groups excluding carboxylic acids is 2. The summed E-state index contributed by atoms with van der Waals surface area (Å²) >= 11 is 20.8. The SMILES string of the molecule is CN(C)CC(NC(=O)c1ccc(C=CC(c2cc(Cl)c(Cl)c(Cl)c2)C(F)(F)F)cc1Br)C(=O)NCC(F)(F)F. The molecular weight excluding hydrogens is 663 g/mol. The molecule has 214 valence electrons. The maximum Gasteiger partial charge on any atom is 0.405 e. The van der Waals surface area contributed by atoms with E-state index in [1.165, 1.54) is 29.2 Å². The number of rotatable bonds is 9. The summed E-state index contributed by atoms with van der Waals surface area (Å²) in [4.78, 5) is 26.5. The Hall–Kier alpha value is -1.99. The van der Waals surface area contributed by atoms with Crippen molar-refractivity contribution in [3.8, 4) is 0 Å². The van der Waals surface area contributed by atoms with Crippen molar-refractivity contribution >= 4 is 68.6 Å². The van der Waals surface area contributed by atoms with E-state index >= 15 is 0 Å². The first kappa shape index (κ1) is 33.2. The Morgan fingerprint density at radius 2 is 1.62 bits per heavy atom. The van der Waals surface area contributed by atoms with Crippen molar-refractivity contribution in [3.05, 3.63) is 72.6 Å². The number of nitrogens with zero attached hydrogens (tertiary/aromatic N) is 1. The smallest absolute Gasteiger partial charge is 0.345 e. The highest BCUT2D eigenvalue weighted by molar-refractivity contribution is 9.10. The van der Waals surface area contributed by atoms with Crippen LogP contribution in [-0.4, -0.2) is 62.3 Å². The minimum absolute atomic E-state index is 0.00293. The quantitative estimate of drug-likeness (QED) is 0.219. The third-order valence-corrected chi connectivity index (χ3v) is 6.92. The third-order valence-electron chi connectivity index (χ3n) is 5.07. The second-order valence-electron chi connectivity index (χ2n) is 8.54. The van der Waals surface area contributed by atoms with Gasteiger partial charge in [-0.15, -0.1) is 0 Å². The number of likely N-dealkylation sites (N-methyl/N-ethyl adjacent to an activating group) is 1. The van der Waals surface area contributed by atoms with E-state index < -0.39 is 42.7 Å². The molecule has 5 nitrogen and oxygen atoms in total. The summed E-state index contributed by atoms with van der Waals surface area (Å²) in [5, 5.41) is 3.75. The van der Waals surface area contributed by atoms with Gasteiger partial charge in [0.05, 0.1) is 26.5 Å². The molecule has 15 heteroatoms. The molecule has 0 spiro atoms. The van der Waals surface area contributed by atoms with E-state index in [1.54, 1.807) is 19.4 Å². The summed E-state index contributed by atoms with van der Waals surface area (Å²) in [5.74, 6) is -3.90. The van der Waals surface area contributed by atoms with Crippen LogP contribution in [0, 0.1) is 0 Å². The lowest BCUT2D eigenvalue weighted by molar-refractivity contribution is -0.139. The van der Waals surface area contributed by atoms with E-state index in [9.17, 15) is 35.9 Å². The van der Waals surface area contributed by atoms with E-state index in [4.69, 9.17) is 34.8 Å². The van der Waals surface area contributed by atoms with Gasteiger partial charge in [-0.05, 0) is 65.4 Å². The highest BCUT2D eigenvalue weighted by atomic mass is 79.9. The Labute approximate surface area is 243 Å². The van der Waals surface area contributed by atoms with E-state index in [2.05, 4.69) is 21.2 Å². The summed E-state index contributed by atoms with van der Waals surface area (Å²) in [7, 11) is 3.13. The van der Waals surface area contributed by atoms with Crippen molar-refractivity contribution in [2.45, 2.75) is 24.3 Å². The molecule has 0 aliphatic heterocycles. The zero-order chi connectivity index (χ0) is 29.7. The first-order valence-corrected chi connectivity index (χ1v) is 12.8. The number of benzene rings is 2. The number of nitrogens with one attached hydrogen (secondary N) is 2. The third kappa shape index (κ3) is 10.2. The van der Waals surface area contributed by atoms with Crippen molar-refractivity contribution in [1.82, 2.24) is 15.5 Å². The lowest BCUT2D eigenvalue weighted by Crippen LogP contribution is -2.53. The first-order valence-electron chi connectivity index (χ1n) is 10.9. The fourth-order valence-electron chi connectivity index (χ4n) is 3.30. The highest BCUT2D eigenvalue weighted by Gasteiger charge is 2.39. The zero-order valence-corrected chi connectivity index (χ0v) is 24.0. The standard InChI is InChI=1S/C24H21BrCl3F6N3O2/c1-37(2)10-19(22(39)35-11-23(29,30)31)36-21(38)14-5-3-12(7-16(14)25)4-6-15(24(32,33)34)13-8-17(26)20(28)18(27)9-13/h3-9,15,19H,10-11H2,1-2H3,(H,35,39)(H,36,38). The van der Waals surface area contributed by atoms with Crippen LogP contribution in [0.25, 0.3) is 6.08 Å². The normalized spacial score (nSPS) is 14.0. The Morgan fingerprint density at radius 3 is 2.10 bits per heavy atom. The molecular formula is C24H21BrCl3F6N3O2. The molecule has 0 saturated heterocycles. The molecule has 2 rings (SSSR count). The van der Waals surface area contributed by atoms with Crippen LogP contribution in [0.15, 0.2) is 40.9 Å². The molecule has 2 N–H and O–H groups in total. The summed E-state index contributed by atoms with van der Waals surface area (Å²) in [6, 6.07) is 4.83. The number of hydrogen-bond acceptors (Lipinski definition) is 3. The highest BCUT2D eigenvalue weighted by Crippen LogP contribution is 2.41. The Kier molecular flexibility index (Phi) is 11.6. The van der Waals surface area contributed by atoms with Gasteiger partial charge in [-0.2, -0.15) is 26.3 Å². The van der Waals surface area contributed by atoms with Gasteiger partial charge in [-0.3, -0.25) is 9.59 Å². The zero-order valence-electron chi connectivity index (χ0n) is 20.2. The maximum atomic E-state index is 13.8. The summed E-state index contributed by atoms with van der Waals surface area (Å²) in [6.45, 7) is -1.66. The van der Waals surface area contributed by atoms with E-state index in [1.807, 2.05) is 0 Å². The second-order valence-corrected chi connectivity index (χ2v) is 10.6.